The summed E-state index contributed by atoms with van der Waals surface area (Å²) >= 11 is 0. The van der Waals surface area contributed by atoms with Crippen molar-refractivity contribution in [3.63, 3.8) is 0 Å². The van der Waals surface area contributed by atoms with E-state index < -0.39 is 17.2 Å². The van der Waals surface area contributed by atoms with E-state index in [0.29, 0.717) is 7.05 Å². The molecule has 0 fully saturated rings. The van der Waals surface area contributed by atoms with Crippen LogP contribution >= 0.6 is 0 Å². The molecule has 0 atom stereocenters. The van der Waals surface area contributed by atoms with Crippen LogP contribution in [0.15, 0.2) is 0 Å². The Morgan fingerprint density at radius 2 is 1.90 bits per heavy atom. The molecule has 0 aliphatic heterocycles. The SMILES string of the molecule is C[N]C(=O)N(C)C(F)(F)F. The van der Waals surface area contributed by atoms with Crippen molar-refractivity contribution in [2.24, 2.45) is 0 Å². The highest BCUT2D eigenvalue weighted by Gasteiger charge is 2.37. The lowest BCUT2D eigenvalue weighted by molar-refractivity contribution is -0.215. The van der Waals surface area contributed by atoms with Crippen molar-refractivity contribution in [1.29, 1.82) is 0 Å². The van der Waals surface area contributed by atoms with Gasteiger partial charge in [-0.1, -0.05) is 0 Å². The zero-order valence-corrected chi connectivity index (χ0v) is 5.44. The molecule has 0 saturated carbocycles. The minimum absolute atomic E-state index is 0.396. The highest BCUT2D eigenvalue weighted by molar-refractivity contribution is 5.73. The van der Waals surface area contributed by atoms with Crippen LogP contribution in [0.2, 0.25) is 0 Å². The Hall–Kier alpha value is -0.940. The summed E-state index contributed by atoms with van der Waals surface area (Å²) in [7, 11) is 1.62. The zero-order valence-electron chi connectivity index (χ0n) is 5.44. The molecule has 3 nitrogen and oxygen atoms in total. The maximum Gasteiger partial charge on any atom is 0.488 e. The standard InChI is InChI=1S/C4H6F3N2O/c1-8-3(10)9(2)4(5,6)7/h1-2H3. The molecule has 0 unspecified atom stereocenters. The normalized spacial score (nSPS) is 10.9. The van der Waals surface area contributed by atoms with Gasteiger partial charge in [0.05, 0.1) is 0 Å². The van der Waals surface area contributed by atoms with Gasteiger partial charge >= 0.3 is 12.3 Å². The molecule has 59 valence electrons. The van der Waals surface area contributed by atoms with E-state index in [2.05, 4.69) is 5.32 Å². The van der Waals surface area contributed by atoms with Crippen LogP contribution < -0.4 is 5.32 Å². The Labute approximate surface area is 55.8 Å². The van der Waals surface area contributed by atoms with Gasteiger partial charge in [-0.15, -0.1) is 13.2 Å². The summed E-state index contributed by atoms with van der Waals surface area (Å²) in [4.78, 5) is 9.80. The Bertz CT molecular complexity index is 133. The van der Waals surface area contributed by atoms with Crippen molar-refractivity contribution in [1.82, 2.24) is 10.2 Å². The van der Waals surface area contributed by atoms with Crippen LogP contribution in [-0.4, -0.2) is 31.3 Å². The molecule has 2 amide bonds. The molecular formula is C4H6F3N2O. The number of urea groups is 1. The molecule has 0 aromatic rings. The van der Waals surface area contributed by atoms with Gasteiger partial charge in [-0.3, -0.25) is 0 Å². The number of carbonyl (C=O) groups is 1. The molecule has 6 heteroatoms. The molecule has 0 heterocycles. The third kappa shape index (κ3) is 2.12. The van der Waals surface area contributed by atoms with Gasteiger partial charge in [0.25, 0.3) is 0 Å². The number of nitrogens with zero attached hydrogens (tertiary/aromatic N) is 2. The van der Waals surface area contributed by atoms with E-state index in [1.54, 1.807) is 0 Å². The van der Waals surface area contributed by atoms with Crippen LogP contribution in [-0.2, 0) is 0 Å². The molecule has 0 aliphatic carbocycles. The Morgan fingerprint density at radius 1 is 1.50 bits per heavy atom. The second-order valence-electron chi connectivity index (χ2n) is 1.53. The van der Waals surface area contributed by atoms with E-state index in [1.165, 1.54) is 0 Å². The predicted octanol–water partition coefficient (Wildman–Crippen LogP) is 0.792. The lowest BCUT2D eigenvalue weighted by Crippen LogP contribution is -2.41. The summed E-state index contributed by atoms with van der Waals surface area (Å²) in [5.74, 6) is 0. The molecule has 0 aliphatic rings. The first-order valence-corrected chi connectivity index (χ1v) is 2.34. The molecule has 1 radical (unpaired) electrons. The molecule has 0 bridgehead atoms. The number of hydrogen-bond donors (Lipinski definition) is 0. The Balaban J connectivity index is 4.08. The fourth-order valence-electron chi connectivity index (χ4n) is 0.258. The van der Waals surface area contributed by atoms with Crippen molar-refractivity contribution < 1.29 is 18.0 Å². The largest absolute Gasteiger partial charge is 0.488 e. The molecule has 0 aromatic heterocycles. The first-order valence-electron chi connectivity index (χ1n) is 2.34. The third-order valence-electron chi connectivity index (χ3n) is 0.859. The fourth-order valence-corrected chi connectivity index (χ4v) is 0.258. The van der Waals surface area contributed by atoms with E-state index in [9.17, 15) is 18.0 Å². The average molecular weight is 155 g/mol. The lowest BCUT2D eigenvalue weighted by Gasteiger charge is -2.17. The molecule has 0 aromatic carbocycles. The van der Waals surface area contributed by atoms with Crippen molar-refractivity contribution in [3.8, 4) is 0 Å². The predicted molar refractivity (Wildman–Crippen MR) is 27.3 cm³/mol. The highest BCUT2D eigenvalue weighted by atomic mass is 19.4. The van der Waals surface area contributed by atoms with Crippen LogP contribution in [0, 0.1) is 0 Å². The van der Waals surface area contributed by atoms with Crippen LogP contribution in [0.5, 0.6) is 0 Å². The average Bonchev–Trinajstić information content (AvgIpc) is 1.83. The van der Waals surface area contributed by atoms with E-state index in [4.69, 9.17) is 0 Å². The number of rotatable bonds is 0. The first-order chi connectivity index (χ1) is 4.39. The van der Waals surface area contributed by atoms with Crippen molar-refractivity contribution in [2.75, 3.05) is 14.1 Å². The monoisotopic (exact) mass is 155 g/mol. The van der Waals surface area contributed by atoms with Crippen LogP contribution in [0.4, 0.5) is 18.0 Å². The number of alkyl halides is 3. The van der Waals surface area contributed by atoms with Gasteiger partial charge in [0, 0.05) is 14.1 Å². The van der Waals surface area contributed by atoms with Gasteiger partial charge < -0.3 is 0 Å². The van der Waals surface area contributed by atoms with E-state index in [0.717, 1.165) is 7.05 Å². The second-order valence-corrected chi connectivity index (χ2v) is 1.53. The van der Waals surface area contributed by atoms with Crippen LogP contribution in [0.3, 0.4) is 0 Å². The smallest absolute Gasteiger partial charge is 0.246 e. The zero-order chi connectivity index (χ0) is 8.36. The minimum Gasteiger partial charge on any atom is -0.246 e. The Morgan fingerprint density at radius 3 is 2.00 bits per heavy atom. The second kappa shape index (κ2) is 2.76. The van der Waals surface area contributed by atoms with Crippen molar-refractivity contribution >= 4 is 6.03 Å². The van der Waals surface area contributed by atoms with Gasteiger partial charge in [0.15, 0.2) is 0 Å². The molecule has 0 N–H and O–H groups in total. The minimum atomic E-state index is -4.63. The topological polar surface area (TPSA) is 34.4 Å². The Kier molecular flexibility index (Phi) is 2.50. The summed E-state index contributed by atoms with van der Waals surface area (Å²) < 4.78 is 34.6. The van der Waals surface area contributed by atoms with Crippen molar-refractivity contribution in [2.45, 2.75) is 6.30 Å². The molecule has 0 saturated heterocycles. The molecule has 0 spiro atoms. The van der Waals surface area contributed by atoms with Gasteiger partial charge in [-0.05, 0) is 0 Å². The van der Waals surface area contributed by atoms with Gasteiger partial charge in [-0.25, -0.2) is 15.0 Å². The summed E-state index contributed by atoms with van der Waals surface area (Å²) in [6.45, 7) is 0. The van der Waals surface area contributed by atoms with Gasteiger partial charge in [-0.2, -0.15) is 0 Å². The number of carbonyl (C=O) groups excluding carboxylic acids is 1. The molecule has 0 rings (SSSR count). The maximum atomic E-state index is 11.5. The maximum absolute atomic E-state index is 11.5. The highest BCUT2D eigenvalue weighted by Crippen LogP contribution is 2.18. The van der Waals surface area contributed by atoms with Gasteiger partial charge in [0.1, 0.15) is 0 Å². The van der Waals surface area contributed by atoms with Crippen molar-refractivity contribution in [3.05, 3.63) is 0 Å². The lowest BCUT2D eigenvalue weighted by atomic mass is 10.8. The summed E-state index contributed by atoms with van der Waals surface area (Å²) in [5.41, 5.74) is 0. The summed E-state index contributed by atoms with van der Waals surface area (Å²) in [5, 5.41) is 2.82. The molecule has 10 heavy (non-hydrogen) atoms. The summed E-state index contributed by atoms with van der Waals surface area (Å²) in [6.07, 6.45) is -4.63. The van der Waals surface area contributed by atoms with Crippen LogP contribution in [0.25, 0.3) is 0 Å². The van der Waals surface area contributed by atoms with Crippen LogP contribution in [0.1, 0.15) is 0 Å². The van der Waals surface area contributed by atoms with Gasteiger partial charge in [0.2, 0.25) is 0 Å². The van der Waals surface area contributed by atoms with E-state index in [1.807, 2.05) is 0 Å². The first kappa shape index (κ1) is 9.06. The number of halogens is 3. The number of hydrogen-bond acceptors (Lipinski definition) is 1. The summed E-state index contributed by atoms with van der Waals surface area (Å²) in [6, 6.07) is -1.30. The quantitative estimate of drug-likeness (QED) is 0.476. The number of amides is 2. The van der Waals surface area contributed by atoms with E-state index in [-0.39, 0.29) is 0 Å². The molecular weight excluding hydrogens is 149 g/mol. The fraction of sp³-hybridized carbons (Fsp3) is 0.750. The van der Waals surface area contributed by atoms with E-state index >= 15 is 0 Å². The third-order valence-corrected chi connectivity index (χ3v) is 0.859.